The number of thiophene rings is 2. The van der Waals surface area contributed by atoms with Crippen LogP contribution in [0.2, 0.25) is 52.4 Å². The monoisotopic (exact) mass is 888 g/mol. The molecule has 288 valence electrons. The van der Waals surface area contributed by atoms with E-state index in [0.717, 1.165) is 0 Å². The third kappa shape index (κ3) is 6.84. The van der Waals surface area contributed by atoms with Crippen molar-refractivity contribution in [2.45, 2.75) is 52.4 Å². The lowest BCUT2D eigenvalue weighted by molar-refractivity contribution is 1.64. The van der Waals surface area contributed by atoms with Crippen LogP contribution in [0.5, 0.6) is 0 Å². The molecule has 9 rings (SSSR count). The molecule has 0 saturated carbocycles. The van der Waals surface area contributed by atoms with Gasteiger partial charge in [0, 0.05) is 0 Å². The van der Waals surface area contributed by atoms with Crippen LogP contribution in [0.25, 0.3) is 44.5 Å². The Balaban J connectivity index is 1.39. The van der Waals surface area contributed by atoms with E-state index in [4.69, 9.17) is 0 Å². The van der Waals surface area contributed by atoms with Crippen molar-refractivity contribution >= 4 is 109 Å². The molecule has 0 N–H and O–H groups in total. The topological polar surface area (TPSA) is 0 Å². The predicted octanol–water partition coefficient (Wildman–Crippen LogP) is 11.2. The number of hydrogen-bond acceptors (Lipinski definition) is 2. The van der Waals surface area contributed by atoms with Crippen LogP contribution in [-0.2, 0) is 0 Å². The first-order valence-corrected chi connectivity index (χ1v) is 35.8. The average Bonchev–Trinajstić information content (AvgIpc) is 3.97. The molecule has 8 bridgehead atoms. The zero-order chi connectivity index (χ0) is 40.5. The maximum absolute atomic E-state index is 2.64. The normalized spacial score (nSPS) is 16.1. The number of hydrogen-bond donors (Lipinski definition) is 0. The van der Waals surface area contributed by atoms with Crippen LogP contribution in [0.15, 0.2) is 158 Å². The van der Waals surface area contributed by atoms with E-state index < -0.39 is 32.3 Å². The molecular formula is C50H50P2S2Si4. The fourth-order valence-electron chi connectivity index (χ4n) is 8.77. The minimum absolute atomic E-state index is 1.34. The minimum atomic E-state index is -2.19. The fourth-order valence-corrected chi connectivity index (χ4v) is 34.1. The van der Waals surface area contributed by atoms with E-state index in [1.807, 2.05) is 0 Å². The van der Waals surface area contributed by atoms with Crippen LogP contribution in [-0.4, -0.2) is 32.3 Å². The van der Waals surface area contributed by atoms with Gasteiger partial charge in [0.1, 0.15) is 32.3 Å². The van der Waals surface area contributed by atoms with Crippen molar-refractivity contribution in [1.29, 1.82) is 0 Å². The van der Waals surface area contributed by atoms with Gasteiger partial charge in [-0.1, -0.05) is 214 Å². The van der Waals surface area contributed by atoms with E-state index >= 15 is 0 Å². The highest BCUT2D eigenvalue weighted by molar-refractivity contribution is 7.57. The molecule has 0 amide bonds. The third-order valence-corrected chi connectivity index (χ3v) is 42.5. The Morgan fingerprint density at radius 3 is 0.707 bits per heavy atom. The first-order chi connectivity index (χ1) is 27.8. The Labute approximate surface area is 361 Å². The molecule has 0 nitrogen and oxygen atoms in total. The van der Waals surface area contributed by atoms with Gasteiger partial charge in [0.05, 0.1) is 0 Å². The van der Waals surface area contributed by atoms with Crippen molar-refractivity contribution < 1.29 is 0 Å². The molecule has 0 spiro atoms. The summed E-state index contributed by atoms with van der Waals surface area (Å²) < 4.78 is 6.42. The Hall–Kier alpha value is -3.55. The van der Waals surface area contributed by atoms with E-state index in [0.29, 0.717) is 0 Å². The van der Waals surface area contributed by atoms with Crippen LogP contribution in [0.1, 0.15) is 0 Å². The fraction of sp³-hybridized carbons (Fsp3) is 0.160. The summed E-state index contributed by atoms with van der Waals surface area (Å²) in [5.74, 6) is 0. The SMILES string of the molecule is C[Si]1(C)c2ccc(s2)[Si](C)(C)c2pc(c(-c3ccccc3)cc2-c2ccccc2)[Si](C)(C)c2ccc(s2)[Si](C)(C)c2pc1c(-c1ccccc1)cc2-c1ccccc1. The summed E-state index contributed by atoms with van der Waals surface area (Å²) in [7, 11) is -5.92. The molecule has 1 aliphatic heterocycles. The summed E-state index contributed by atoms with van der Waals surface area (Å²) in [6, 6.07) is 60.6. The molecule has 0 fully saturated rings. The van der Waals surface area contributed by atoms with Crippen LogP contribution in [0.4, 0.5) is 0 Å². The zero-order valence-corrected chi connectivity index (χ0v) is 42.1. The standard InChI is InChI=1S/C50H50P2S2Si4/c1-55(2)43-29-30-44(53-43)56(3,4)49-41(37-25-17-11-18-26-37)34-42(38-27-19-12-20-28-38)50(52-49)58(7,8)46-32-31-45(54-46)57(5,6)48-40(36-23-15-10-16-24-36)33-39(47(55)51-48)35-21-13-9-14-22-35/h9-34H,1-8H3. The molecule has 8 heteroatoms. The van der Waals surface area contributed by atoms with Crippen LogP contribution in [0, 0.1) is 0 Å². The van der Waals surface area contributed by atoms with Gasteiger partial charge >= 0.3 is 0 Å². The molecule has 1 aliphatic rings. The smallest absolute Gasteiger partial charge is 0.131 e. The molecule has 0 radical (unpaired) electrons. The predicted molar refractivity (Wildman–Crippen MR) is 275 cm³/mol. The maximum Gasteiger partial charge on any atom is 0.131 e. The molecule has 8 aromatic rings. The second-order valence-electron chi connectivity index (χ2n) is 17.9. The second-order valence-corrected chi connectivity index (χ2v) is 42.5. The quantitative estimate of drug-likeness (QED) is 0.155. The van der Waals surface area contributed by atoms with Crippen molar-refractivity contribution in [1.82, 2.24) is 0 Å². The molecule has 0 aliphatic carbocycles. The molecular weight excluding hydrogens is 839 g/mol. The number of benzene rings is 4. The van der Waals surface area contributed by atoms with Gasteiger partial charge in [-0.2, -0.15) is 22.7 Å². The van der Waals surface area contributed by atoms with Crippen molar-refractivity contribution in [3.05, 3.63) is 158 Å². The molecule has 0 unspecified atom stereocenters. The van der Waals surface area contributed by atoms with Gasteiger partial charge in [0.25, 0.3) is 0 Å². The summed E-state index contributed by atoms with van der Waals surface area (Å²) in [5.41, 5.74) is 11.1. The third-order valence-electron chi connectivity index (χ3n) is 12.4. The van der Waals surface area contributed by atoms with E-state index in [-0.39, 0.29) is 0 Å². The molecule has 4 aromatic carbocycles. The van der Waals surface area contributed by atoms with E-state index in [1.165, 1.54) is 60.9 Å². The van der Waals surface area contributed by atoms with E-state index in [1.54, 1.807) is 37.7 Å². The largest absolute Gasteiger partial charge is 0.154 e. The van der Waals surface area contributed by atoms with Gasteiger partial charge in [-0.05, 0) is 94.3 Å². The average molecular weight is 889 g/mol. The number of rotatable bonds is 4. The van der Waals surface area contributed by atoms with Gasteiger partial charge in [0.2, 0.25) is 0 Å². The van der Waals surface area contributed by atoms with Crippen molar-refractivity contribution in [2.24, 2.45) is 0 Å². The lowest BCUT2D eigenvalue weighted by Crippen LogP contribution is -2.57. The molecule has 0 atom stereocenters. The Kier molecular flexibility index (Phi) is 10.4. The van der Waals surface area contributed by atoms with Crippen molar-refractivity contribution in [3.63, 3.8) is 0 Å². The van der Waals surface area contributed by atoms with Gasteiger partial charge < -0.3 is 0 Å². The highest BCUT2D eigenvalue weighted by Crippen LogP contribution is 2.36. The summed E-state index contributed by atoms with van der Waals surface area (Å²) in [6.07, 6.45) is 0. The molecule has 0 saturated heterocycles. The summed E-state index contributed by atoms with van der Waals surface area (Å²) in [6.45, 7) is 21.1. The van der Waals surface area contributed by atoms with Crippen LogP contribution in [0.3, 0.4) is 0 Å². The van der Waals surface area contributed by atoms with Gasteiger partial charge in [-0.25, -0.2) is 0 Å². The van der Waals surface area contributed by atoms with Crippen molar-refractivity contribution in [2.75, 3.05) is 0 Å². The van der Waals surface area contributed by atoms with E-state index in [2.05, 4.69) is 233 Å². The molecule has 4 aromatic heterocycles. The first kappa shape index (κ1) is 39.9. The Morgan fingerprint density at radius 2 is 0.500 bits per heavy atom. The molecule has 58 heavy (non-hydrogen) atoms. The minimum Gasteiger partial charge on any atom is -0.154 e. The zero-order valence-electron chi connectivity index (χ0n) is 34.7. The van der Waals surface area contributed by atoms with Crippen LogP contribution >= 0.6 is 39.1 Å². The van der Waals surface area contributed by atoms with Gasteiger partial charge in [-0.3, -0.25) is 0 Å². The van der Waals surface area contributed by atoms with E-state index in [9.17, 15) is 0 Å². The highest BCUT2D eigenvalue weighted by Gasteiger charge is 2.42. The van der Waals surface area contributed by atoms with Gasteiger partial charge in [0.15, 0.2) is 0 Å². The lowest BCUT2D eigenvalue weighted by Gasteiger charge is -2.32. The Bertz CT molecular complexity index is 2400. The van der Waals surface area contributed by atoms with Crippen LogP contribution < -0.4 is 37.7 Å². The lowest BCUT2D eigenvalue weighted by atomic mass is 10.0. The maximum atomic E-state index is 2.64. The second kappa shape index (κ2) is 15.2. The number of fused-ring (bicyclic) bond motifs is 8. The van der Waals surface area contributed by atoms with Crippen molar-refractivity contribution in [3.8, 4) is 44.5 Å². The summed E-state index contributed by atoms with van der Waals surface area (Å²) >= 11 is 4.31. The Morgan fingerprint density at radius 1 is 0.293 bits per heavy atom. The van der Waals surface area contributed by atoms with Gasteiger partial charge in [-0.15, -0.1) is 0 Å². The molecule has 5 heterocycles. The first-order valence-electron chi connectivity index (χ1n) is 20.3. The summed E-state index contributed by atoms with van der Waals surface area (Å²) in [4.78, 5) is 6.63. The highest BCUT2D eigenvalue weighted by atomic mass is 32.1. The summed E-state index contributed by atoms with van der Waals surface area (Å²) in [5, 5.41) is 0.